The van der Waals surface area contributed by atoms with Gasteiger partial charge in [0.15, 0.2) is 0 Å². The van der Waals surface area contributed by atoms with Crippen LogP contribution in [0.2, 0.25) is 0 Å². The van der Waals surface area contributed by atoms with E-state index in [0.29, 0.717) is 11.4 Å². The first-order chi connectivity index (χ1) is 13.3. The van der Waals surface area contributed by atoms with Gasteiger partial charge in [-0.1, -0.05) is 29.8 Å². The number of anilines is 1. The maximum absolute atomic E-state index is 12.4. The molecule has 8 heteroatoms. The SMILES string of the molecule is Cc1cccc(-c2nc(CC(=O)Nc3cccc(S(=O)(=O)N(C)C)c3)cs2)c1. The Balaban J connectivity index is 1.70. The summed E-state index contributed by atoms with van der Waals surface area (Å²) < 4.78 is 25.6. The minimum Gasteiger partial charge on any atom is -0.326 e. The molecule has 0 aliphatic heterocycles. The lowest BCUT2D eigenvalue weighted by atomic mass is 10.1. The van der Waals surface area contributed by atoms with E-state index in [1.165, 1.54) is 37.6 Å². The van der Waals surface area contributed by atoms with E-state index in [4.69, 9.17) is 0 Å². The highest BCUT2D eigenvalue weighted by Gasteiger charge is 2.18. The fraction of sp³-hybridized carbons (Fsp3) is 0.200. The fourth-order valence-electron chi connectivity index (χ4n) is 2.61. The van der Waals surface area contributed by atoms with Gasteiger partial charge in [0.1, 0.15) is 5.01 Å². The monoisotopic (exact) mass is 415 g/mol. The standard InChI is InChI=1S/C20H21N3O3S2/c1-14-6-4-7-15(10-14)20-22-17(13-27-20)12-19(24)21-16-8-5-9-18(11-16)28(25,26)23(2)3/h4-11,13H,12H2,1-3H3,(H,21,24). The van der Waals surface area contributed by atoms with E-state index >= 15 is 0 Å². The molecule has 0 fully saturated rings. The van der Waals surface area contributed by atoms with Crippen molar-refractivity contribution in [2.75, 3.05) is 19.4 Å². The zero-order valence-corrected chi connectivity index (χ0v) is 17.5. The largest absolute Gasteiger partial charge is 0.326 e. The Hall–Kier alpha value is -2.55. The van der Waals surface area contributed by atoms with E-state index in [9.17, 15) is 13.2 Å². The van der Waals surface area contributed by atoms with Crippen LogP contribution >= 0.6 is 11.3 Å². The van der Waals surface area contributed by atoms with Gasteiger partial charge in [-0.05, 0) is 31.2 Å². The lowest BCUT2D eigenvalue weighted by Crippen LogP contribution is -2.22. The van der Waals surface area contributed by atoms with Crippen LogP contribution in [0.1, 0.15) is 11.3 Å². The van der Waals surface area contributed by atoms with Crippen molar-refractivity contribution in [3.05, 3.63) is 65.2 Å². The molecule has 1 heterocycles. The third kappa shape index (κ3) is 4.64. The van der Waals surface area contributed by atoms with Crippen LogP contribution in [-0.4, -0.2) is 37.7 Å². The molecule has 0 unspecified atom stereocenters. The topological polar surface area (TPSA) is 79.4 Å². The first-order valence-corrected chi connectivity index (χ1v) is 10.9. The molecular weight excluding hydrogens is 394 g/mol. The number of rotatable bonds is 6. The normalized spacial score (nSPS) is 11.6. The molecule has 0 saturated carbocycles. The van der Waals surface area contributed by atoms with Gasteiger partial charge in [0, 0.05) is 30.7 Å². The van der Waals surface area contributed by atoms with Gasteiger partial charge in [0.2, 0.25) is 15.9 Å². The number of benzene rings is 2. The molecule has 0 atom stereocenters. The Kier molecular flexibility index (Phi) is 5.93. The Bertz CT molecular complexity index is 1110. The van der Waals surface area contributed by atoms with Gasteiger partial charge in [-0.3, -0.25) is 4.79 Å². The number of carbonyl (C=O) groups is 1. The van der Waals surface area contributed by atoms with Gasteiger partial charge in [-0.15, -0.1) is 11.3 Å². The minimum absolute atomic E-state index is 0.118. The molecule has 3 rings (SSSR count). The Labute approximate surface area is 168 Å². The van der Waals surface area contributed by atoms with Crippen molar-refractivity contribution in [2.45, 2.75) is 18.2 Å². The summed E-state index contributed by atoms with van der Waals surface area (Å²) in [6.07, 6.45) is 0.118. The highest BCUT2D eigenvalue weighted by Crippen LogP contribution is 2.25. The second-order valence-corrected chi connectivity index (χ2v) is 9.56. The number of thiazole rings is 1. The molecule has 146 valence electrons. The van der Waals surface area contributed by atoms with E-state index < -0.39 is 10.0 Å². The third-order valence-electron chi connectivity index (χ3n) is 4.05. The maximum Gasteiger partial charge on any atom is 0.242 e. The quantitative estimate of drug-likeness (QED) is 0.668. The zero-order valence-electron chi connectivity index (χ0n) is 15.8. The molecule has 0 radical (unpaired) electrons. The molecule has 0 saturated heterocycles. The third-order valence-corrected chi connectivity index (χ3v) is 6.81. The second-order valence-electron chi connectivity index (χ2n) is 6.55. The average molecular weight is 416 g/mol. The second kappa shape index (κ2) is 8.22. The average Bonchev–Trinajstić information content (AvgIpc) is 3.10. The smallest absolute Gasteiger partial charge is 0.242 e. The van der Waals surface area contributed by atoms with Crippen molar-refractivity contribution < 1.29 is 13.2 Å². The van der Waals surface area contributed by atoms with Gasteiger partial charge in [0.25, 0.3) is 0 Å². The van der Waals surface area contributed by atoms with Crippen LogP contribution in [0.4, 0.5) is 5.69 Å². The predicted octanol–water partition coefficient (Wildman–Crippen LogP) is 3.55. The van der Waals surface area contributed by atoms with Crippen LogP contribution < -0.4 is 5.32 Å². The number of amides is 1. The van der Waals surface area contributed by atoms with Crippen LogP contribution in [0, 0.1) is 6.92 Å². The number of hydrogen-bond donors (Lipinski definition) is 1. The molecule has 0 spiro atoms. The lowest BCUT2D eigenvalue weighted by Gasteiger charge is -2.12. The van der Waals surface area contributed by atoms with E-state index in [-0.39, 0.29) is 17.2 Å². The molecule has 0 aliphatic rings. The molecule has 3 aromatic rings. The molecule has 1 amide bonds. The molecule has 1 aromatic heterocycles. The highest BCUT2D eigenvalue weighted by atomic mass is 32.2. The zero-order chi connectivity index (χ0) is 20.3. The molecule has 2 aromatic carbocycles. The number of nitrogens with zero attached hydrogens (tertiary/aromatic N) is 2. The molecule has 6 nitrogen and oxygen atoms in total. The van der Waals surface area contributed by atoms with Crippen LogP contribution in [0.25, 0.3) is 10.6 Å². The number of carbonyl (C=O) groups excluding carboxylic acids is 1. The van der Waals surface area contributed by atoms with Gasteiger partial charge < -0.3 is 5.32 Å². The molecular formula is C20H21N3O3S2. The molecule has 1 N–H and O–H groups in total. The van der Waals surface area contributed by atoms with E-state index in [2.05, 4.69) is 16.4 Å². The van der Waals surface area contributed by atoms with Crippen molar-refractivity contribution >= 4 is 33.0 Å². The summed E-state index contributed by atoms with van der Waals surface area (Å²) in [6, 6.07) is 14.3. The summed E-state index contributed by atoms with van der Waals surface area (Å²) >= 11 is 1.49. The molecule has 0 bridgehead atoms. The Morgan fingerprint density at radius 3 is 2.61 bits per heavy atom. The number of hydrogen-bond acceptors (Lipinski definition) is 5. The van der Waals surface area contributed by atoms with E-state index in [0.717, 1.165) is 20.4 Å². The molecule has 0 aliphatic carbocycles. The summed E-state index contributed by atoms with van der Waals surface area (Å²) in [5.41, 5.74) is 3.29. The van der Waals surface area contributed by atoms with Gasteiger partial charge in [-0.25, -0.2) is 17.7 Å². The van der Waals surface area contributed by atoms with Crippen LogP contribution in [0.15, 0.2) is 58.8 Å². The maximum atomic E-state index is 12.4. The first-order valence-electron chi connectivity index (χ1n) is 8.59. The summed E-state index contributed by atoms with van der Waals surface area (Å²) in [5, 5.41) is 5.47. The van der Waals surface area contributed by atoms with Crippen molar-refractivity contribution in [2.24, 2.45) is 0 Å². The molecule has 28 heavy (non-hydrogen) atoms. The number of aryl methyl sites for hydroxylation is 1. The Morgan fingerprint density at radius 2 is 1.89 bits per heavy atom. The van der Waals surface area contributed by atoms with Crippen molar-refractivity contribution in [1.82, 2.24) is 9.29 Å². The number of nitrogens with one attached hydrogen (secondary N) is 1. The predicted molar refractivity (Wildman–Crippen MR) is 112 cm³/mol. The Morgan fingerprint density at radius 1 is 1.14 bits per heavy atom. The first kappa shape index (κ1) is 20.2. The van der Waals surface area contributed by atoms with Gasteiger partial charge in [0.05, 0.1) is 17.0 Å². The van der Waals surface area contributed by atoms with E-state index in [1.807, 2.05) is 30.5 Å². The van der Waals surface area contributed by atoms with E-state index in [1.54, 1.807) is 12.1 Å². The minimum atomic E-state index is -3.55. The van der Waals surface area contributed by atoms with Crippen LogP contribution in [-0.2, 0) is 21.2 Å². The van der Waals surface area contributed by atoms with Crippen molar-refractivity contribution in [3.8, 4) is 10.6 Å². The number of sulfonamides is 1. The fourth-order valence-corrected chi connectivity index (χ4v) is 4.38. The summed E-state index contributed by atoms with van der Waals surface area (Å²) in [4.78, 5) is 17.0. The summed E-state index contributed by atoms with van der Waals surface area (Å²) in [7, 11) is -0.620. The van der Waals surface area contributed by atoms with Gasteiger partial charge >= 0.3 is 0 Å². The van der Waals surface area contributed by atoms with Crippen LogP contribution in [0.3, 0.4) is 0 Å². The van der Waals surface area contributed by atoms with Crippen molar-refractivity contribution in [3.63, 3.8) is 0 Å². The highest BCUT2D eigenvalue weighted by molar-refractivity contribution is 7.89. The lowest BCUT2D eigenvalue weighted by molar-refractivity contribution is -0.115. The van der Waals surface area contributed by atoms with Gasteiger partial charge in [-0.2, -0.15) is 0 Å². The van der Waals surface area contributed by atoms with Crippen molar-refractivity contribution in [1.29, 1.82) is 0 Å². The number of aromatic nitrogens is 1. The van der Waals surface area contributed by atoms with Crippen LogP contribution in [0.5, 0.6) is 0 Å². The summed E-state index contributed by atoms with van der Waals surface area (Å²) in [5.74, 6) is -0.250. The summed E-state index contributed by atoms with van der Waals surface area (Å²) in [6.45, 7) is 2.02.